The van der Waals surface area contributed by atoms with Gasteiger partial charge in [0.25, 0.3) is 0 Å². The third kappa shape index (κ3) is 7.96. The first-order chi connectivity index (χ1) is 17.2. The Kier molecular flexibility index (Phi) is 10.2. The summed E-state index contributed by atoms with van der Waals surface area (Å²) in [6.45, 7) is 1.78. The van der Waals surface area contributed by atoms with Gasteiger partial charge in [0.15, 0.2) is 0 Å². The van der Waals surface area contributed by atoms with E-state index >= 15 is 0 Å². The molecule has 1 N–H and O–H groups in total. The number of carbonyl (C=O) groups excluding carboxylic acids is 2. The lowest BCUT2D eigenvalue weighted by atomic mass is 9.95. The lowest BCUT2D eigenvalue weighted by molar-refractivity contribution is -0.140. The van der Waals surface area contributed by atoms with Crippen LogP contribution in [0.15, 0.2) is 54.6 Å². The average molecular weight is 534 g/mol. The normalized spacial score (nSPS) is 15.2. The van der Waals surface area contributed by atoms with E-state index in [1.165, 1.54) is 6.42 Å². The zero-order chi connectivity index (χ0) is 26.1. The van der Waals surface area contributed by atoms with E-state index in [0.717, 1.165) is 41.8 Å². The number of rotatable bonds is 11. The van der Waals surface area contributed by atoms with Crippen molar-refractivity contribution in [2.45, 2.75) is 64.0 Å². The first-order valence-electron chi connectivity index (χ1n) is 12.6. The molecule has 0 bridgehead atoms. The van der Waals surface area contributed by atoms with E-state index in [2.05, 4.69) is 5.32 Å². The van der Waals surface area contributed by atoms with Gasteiger partial charge in [-0.25, -0.2) is 8.42 Å². The number of sulfonamides is 1. The van der Waals surface area contributed by atoms with E-state index in [9.17, 15) is 18.0 Å². The zero-order valence-corrected chi connectivity index (χ0v) is 22.6. The number of nitrogens with one attached hydrogen (secondary N) is 1. The Labute approximate surface area is 219 Å². The smallest absolute Gasteiger partial charge is 0.244 e. The van der Waals surface area contributed by atoms with Crippen molar-refractivity contribution in [3.05, 3.63) is 65.2 Å². The van der Waals surface area contributed by atoms with Crippen molar-refractivity contribution in [2.75, 3.05) is 23.7 Å². The maximum atomic E-state index is 13.7. The van der Waals surface area contributed by atoms with Gasteiger partial charge < -0.3 is 10.2 Å². The second kappa shape index (κ2) is 13.1. The molecule has 1 atom stereocenters. The number of amides is 2. The minimum Gasteiger partial charge on any atom is -0.352 e. The molecule has 0 heterocycles. The van der Waals surface area contributed by atoms with Crippen molar-refractivity contribution in [3.8, 4) is 0 Å². The molecular weight excluding hydrogens is 498 g/mol. The molecule has 0 unspecified atom stereocenters. The number of benzene rings is 2. The lowest BCUT2D eigenvalue weighted by Crippen LogP contribution is -2.54. The molecule has 3 rings (SSSR count). The van der Waals surface area contributed by atoms with Gasteiger partial charge in [-0.3, -0.25) is 13.9 Å². The number of anilines is 1. The second-order valence-corrected chi connectivity index (χ2v) is 11.7. The molecule has 7 nitrogen and oxygen atoms in total. The van der Waals surface area contributed by atoms with E-state index < -0.39 is 28.5 Å². The Balaban J connectivity index is 1.84. The second-order valence-electron chi connectivity index (χ2n) is 9.34. The van der Waals surface area contributed by atoms with Gasteiger partial charge in [-0.05, 0) is 55.5 Å². The van der Waals surface area contributed by atoms with Gasteiger partial charge in [-0.15, -0.1) is 0 Å². The van der Waals surface area contributed by atoms with Crippen LogP contribution in [0.1, 0.15) is 51.0 Å². The minimum absolute atomic E-state index is 0.118. The Morgan fingerprint density at radius 3 is 2.25 bits per heavy atom. The Bertz CT molecular complexity index is 1100. The Hall–Kier alpha value is -2.58. The van der Waals surface area contributed by atoms with Crippen LogP contribution in [0.4, 0.5) is 5.69 Å². The monoisotopic (exact) mass is 533 g/mol. The van der Waals surface area contributed by atoms with Crippen molar-refractivity contribution in [1.29, 1.82) is 0 Å². The summed E-state index contributed by atoms with van der Waals surface area (Å²) in [4.78, 5) is 28.6. The third-order valence-electron chi connectivity index (χ3n) is 6.62. The van der Waals surface area contributed by atoms with Crippen LogP contribution in [0, 0.1) is 0 Å². The molecule has 0 saturated heterocycles. The quantitative estimate of drug-likeness (QED) is 0.463. The fourth-order valence-corrected chi connectivity index (χ4v) is 5.64. The highest BCUT2D eigenvalue weighted by Crippen LogP contribution is 2.22. The summed E-state index contributed by atoms with van der Waals surface area (Å²) in [5.41, 5.74) is 1.38. The van der Waals surface area contributed by atoms with Crippen molar-refractivity contribution >= 4 is 39.1 Å². The molecule has 2 aromatic rings. The van der Waals surface area contributed by atoms with Crippen molar-refractivity contribution < 1.29 is 18.0 Å². The summed E-state index contributed by atoms with van der Waals surface area (Å²) in [5, 5.41) is 3.61. The summed E-state index contributed by atoms with van der Waals surface area (Å²) >= 11 is 5.97. The van der Waals surface area contributed by atoms with Crippen molar-refractivity contribution in [1.82, 2.24) is 10.2 Å². The highest BCUT2D eigenvalue weighted by molar-refractivity contribution is 7.92. The van der Waals surface area contributed by atoms with Gasteiger partial charge in [0.1, 0.15) is 12.6 Å². The van der Waals surface area contributed by atoms with Crippen LogP contribution in [0.2, 0.25) is 5.02 Å². The first-order valence-corrected chi connectivity index (χ1v) is 14.8. The molecule has 196 valence electrons. The largest absolute Gasteiger partial charge is 0.352 e. The molecule has 2 amide bonds. The van der Waals surface area contributed by atoms with Gasteiger partial charge in [-0.1, -0.05) is 68.1 Å². The van der Waals surface area contributed by atoms with Gasteiger partial charge >= 0.3 is 0 Å². The van der Waals surface area contributed by atoms with E-state index in [1.807, 2.05) is 37.3 Å². The van der Waals surface area contributed by atoms with E-state index in [1.54, 1.807) is 29.2 Å². The molecule has 1 saturated carbocycles. The maximum Gasteiger partial charge on any atom is 0.244 e. The number of carbonyl (C=O) groups is 2. The van der Waals surface area contributed by atoms with Crippen LogP contribution in [0.25, 0.3) is 0 Å². The highest BCUT2D eigenvalue weighted by atomic mass is 35.5. The summed E-state index contributed by atoms with van der Waals surface area (Å²) in [5.74, 6) is -0.597. The van der Waals surface area contributed by atoms with E-state index in [0.29, 0.717) is 30.1 Å². The number of hydrogen-bond donors (Lipinski definition) is 1. The fraction of sp³-hybridized carbons (Fsp3) is 0.481. The SMILES string of the molecule is CC[C@H](C(=O)NC1CCCCC1)N(CCc1ccccc1)C(=O)CN(c1ccc(Cl)cc1)S(C)(=O)=O. The molecule has 0 aliphatic heterocycles. The molecule has 9 heteroatoms. The molecule has 0 radical (unpaired) electrons. The number of hydrogen-bond acceptors (Lipinski definition) is 4. The molecule has 1 aliphatic rings. The molecule has 1 aliphatic carbocycles. The van der Waals surface area contributed by atoms with E-state index in [-0.39, 0.29) is 11.9 Å². The topological polar surface area (TPSA) is 86.8 Å². The van der Waals surface area contributed by atoms with Crippen LogP contribution >= 0.6 is 11.6 Å². The molecule has 2 aromatic carbocycles. The number of nitrogens with zero attached hydrogens (tertiary/aromatic N) is 2. The van der Waals surface area contributed by atoms with Crippen molar-refractivity contribution in [3.63, 3.8) is 0 Å². The summed E-state index contributed by atoms with van der Waals surface area (Å²) in [6.07, 6.45) is 7.29. The molecule has 1 fully saturated rings. The lowest BCUT2D eigenvalue weighted by Gasteiger charge is -2.34. The maximum absolute atomic E-state index is 13.7. The molecular formula is C27H36ClN3O4S. The van der Waals surface area contributed by atoms with Gasteiger partial charge in [0.2, 0.25) is 21.8 Å². The zero-order valence-electron chi connectivity index (χ0n) is 21.0. The Morgan fingerprint density at radius 2 is 1.67 bits per heavy atom. The van der Waals surface area contributed by atoms with Crippen LogP contribution < -0.4 is 9.62 Å². The van der Waals surface area contributed by atoms with Crippen LogP contribution in [-0.2, 0) is 26.0 Å². The number of halogens is 1. The fourth-order valence-electron chi connectivity index (χ4n) is 4.66. The summed E-state index contributed by atoms with van der Waals surface area (Å²) < 4.78 is 26.3. The highest BCUT2D eigenvalue weighted by Gasteiger charge is 2.32. The average Bonchev–Trinajstić information content (AvgIpc) is 2.86. The van der Waals surface area contributed by atoms with Gasteiger partial charge in [0.05, 0.1) is 11.9 Å². The minimum atomic E-state index is -3.76. The van der Waals surface area contributed by atoms with Crippen LogP contribution in [0.5, 0.6) is 0 Å². The van der Waals surface area contributed by atoms with E-state index in [4.69, 9.17) is 11.6 Å². The van der Waals surface area contributed by atoms with Gasteiger partial charge in [0, 0.05) is 17.6 Å². The predicted molar refractivity (Wildman–Crippen MR) is 145 cm³/mol. The molecule has 0 spiro atoms. The standard InChI is InChI=1S/C27H36ClN3O4S/c1-3-25(27(33)29-23-12-8-5-9-13-23)30(19-18-21-10-6-4-7-11-21)26(32)20-31(36(2,34)35)24-16-14-22(28)15-17-24/h4,6-7,10-11,14-17,23,25H,3,5,8-9,12-13,18-20H2,1-2H3,(H,29,33)/t25-/m1/s1. The third-order valence-corrected chi connectivity index (χ3v) is 8.01. The summed E-state index contributed by atoms with van der Waals surface area (Å²) in [7, 11) is -3.76. The predicted octanol–water partition coefficient (Wildman–Crippen LogP) is 4.40. The van der Waals surface area contributed by atoms with Crippen molar-refractivity contribution in [2.24, 2.45) is 0 Å². The Morgan fingerprint density at radius 1 is 1.03 bits per heavy atom. The summed E-state index contributed by atoms with van der Waals surface area (Å²) in [6, 6.07) is 15.5. The van der Waals surface area contributed by atoms with Gasteiger partial charge in [-0.2, -0.15) is 0 Å². The molecule has 36 heavy (non-hydrogen) atoms. The van der Waals surface area contributed by atoms with Crippen LogP contribution in [-0.4, -0.2) is 56.6 Å². The molecule has 0 aromatic heterocycles. The first kappa shape index (κ1) is 28.0. The van der Waals surface area contributed by atoms with Crippen LogP contribution in [0.3, 0.4) is 0 Å².